The molecule has 0 unspecified atom stereocenters. The highest BCUT2D eigenvalue weighted by Crippen LogP contribution is 2.26. The maximum atomic E-state index is 13.0. The van der Waals surface area contributed by atoms with Gasteiger partial charge in [0.15, 0.2) is 5.82 Å². The van der Waals surface area contributed by atoms with E-state index in [2.05, 4.69) is 15.2 Å². The molecule has 2 aromatic heterocycles. The molecule has 0 saturated heterocycles. The van der Waals surface area contributed by atoms with Crippen molar-refractivity contribution < 1.29 is 8.81 Å². The summed E-state index contributed by atoms with van der Waals surface area (Å²) in [5.74, 6) is 7.48. The summed E-state index contributed by atoms with van der Waals surface area (Å²) in [4.78, 5) is 4.40. The highest BCUT2D eigenvalue weighted by atomic mass is 32.2. The van der Waals surface area contributed by atoms with Gasteiger partial charge in [0.2, 0.25) is 11.0 Å². The van der Waals surface area contributed by atoms with Crippen LogP contribution in [0.1, 0.15) is 32.3 Å². The Labute approximate surface area is 143 Å². The van der Waals surface area contributed by atoms with Gasteiger partial charge in [-0.3, -0.25) is 0 Å². The summed E-state index contributed by atoms with van der Waals surface area (Å²) < 4.78 is 19.9. The molecule has 126 valence electrons. The number of benzene rings is 1. The van der Waals surface area contributed by atoms with Gasteiger partial charge in [0.25, 0.3) is 0 Å². The van der Waals surface area contributed by atoms with Gasteiger partial charge >= 0.3 is 0 Å². The quantitative estimate of drug-likeness (QED) is 0.575. The summed E-state index contributed by atoms with van der Waals surface area (Å²) in [5, 5.41) is 8.89. The highest BCUT2D eigenvalue weighted by molar-refractivity contribution is 7.98. The van der Waals surface area contributed by atoms with Crippen molar-refractivity contribution in [3.63, 3.8) is 0 Å². The Hall–Kier alpha value is -2.35. The number of nitrogens with two attached hydrogens (primary N) is 1. The second-order valence-electron chi connectivity index (χ2n) is 6.37. The van der Waals surface area contributed by atoms with E-state index in [1.165, 1.54) is 28.6 Å². The lowest BCUT2D eigenvalue weighted by Crippen LogP contribution is -2.24. The number of rotatable bonds is 4. The molecule has 6 nitrogen and oxygen atoms in total. The Kier molecular flexibility index (Phi) is 4.31. The predicted octanol–water partition coefficient (Wildman–Crippen LogP) is 3.38. The molecule has 1 aromatic carbocycles. The predicted molar refractivity (Wildman–Crippen MR) is 90.3 cm³/mol. The lowest BCUT2D eigenvalue weighted by Gasteiger charge is -2.16. The molecule has 0 amide bonds. The van der Waals surface area contributed by atoms with E-state index in [-0.39, 0.29) is 11.2 Å². The van der Waals surface area contributed by atoms with E-state index in [1.807, 2.05) is 20.8 Å². The average molecular weight is 347 g/mol. The molecule has 0 aliphatic carbocycles. The van der Waals surface area contributed by atoms with Gasteiger partial charge in [-0.2, -0.15) is 0 Å². The number of nitrogen functional groups attached to an aromatic ring is 1. The Morgan fingerprint density at radius 2 is 1.92 bits per heavy atom. The SMILES string of the molecule is CC(C)(C)c1nnc(SCc2coc(-c3ccc(F)cc3)n2)n1N. The molecule has 8 heteroatoms. The minimum Gasteiger partial charge on any atom is -0.444 e. The summed E-state index contributed by atoms with van der Waals surface area (Å²) in [5.41, 5.74) is 1.30. The Balaban J connectivity index is 1.70. The normalized spacial score (nSPS) is 11.8. The lowest BCUT2D eigenvalue weighted by atomic mass is 9.96. The number of halogens is 1. The summed E-state index contributed by atoms with van der Waals surface area (Å²) in [6, 6.07) is 6.01. The number of nitrogens with zero attached hydrogens (tertiary/aromatic N) is 4. The monoisotopic (exact) mass is 347 g/mol. The summed E-state index contributed by atoms with van der Waals surface area (Å²) in [6.07, 6.45) is 1.58. The summed E-state index contributed by atoms with van der Waals surface area (Å²) >= 11 is 1.43. The van der Waals surface area contributed by atoms with Gasteiger partial charge in [0.1, 0.15) is 12.1 Å². The minimum atomic E-state index is -0.294. The number of hydrogen-bond acceptors (Lipinski definition) is 6. The average Bonchev–Trinajstić information content (AvgIpc) is 3.12. The largest absolute Gasteiger partial charge is 0.444 e. The van der Waals surface area contributed by atoms with Crippen molar-refractivity contribution in [2.24, 2.45) is 0 Å². The van der Waals surface area contributed by atoms with Gasteiger partial charge in [-0.05, 0) is 24.3 Å². The standard InChI is InChI=1S/C16H18FN5OS/c1-16(2,3)14-20-21-15(22(14)18)24-9-12-8-23-13(19-12)10-4-6-11(17)7-5-10/h4-8H,9,18H2,1-3H3. The van der Waals surface area contributed by atoms with Gasteiger partial charge in [0, 0.05) is 16.7 Å². The number of thioether (sulfide) groups is 1. The van der Waals surface area contributed by atoms with Crippen molar-refractivity contribution in [1.29, 1.82) is 0 Å². The number of hydrogen-bond donors (Lipinski definition) is 1. The molecular weight excluding hydrogens is 329 g/mol. The van der Waals surface area contributed by atoms with Crippen LogP contribution in [0.2, 0.25) is 0 Å². The second kappa shape index (κ2) is 6.27. The van der Waals surface area contributed by atoms with E-state index in [0.29, 0.717) is 16.8 Å². The molecule has 0 spiro atoms. The fraction of sp³-hybridized carbons (Fsp3) is 0.312. The van der Waals surface area contributed by atoms with E-state index in [1.54, 1.807) is 18.4 Å². The first kappa shape index (κ1) is 16.5. The Morgan fingerprint density at radius 1 is 1.21 bits per heavy atom. The molecule has 24 heavy (non-hydrogen) atoms. The van der Waals surface area contributed by atoms with E-state index in [0.717, 1.165) is 17.1 Å². The molecule has 0 bridgehead atoms. The van der Waals surface area contributed by atoms with Crippen molar-refractivity contribution in [1.82, 2.24) is 19.9 Å². The molecule has 0 aliphatic rings. The first-order valence-corrected chi connectivity index (χ1v) is 8.37. The van der Waals surface area contributed by atoms with Gasteiger partial charge in [-0.1, -0.05) is 32.5 Å². The van der Waals surface area contributed by atoms with Crippen molar-refractivity contribution in [2.75, 3.05) is 5.84 Å². The van der Waals surface area contributed by atoms with Gasteiger partial charge in [0.05, 0.1) is 5.69 Å². The molecule has 0 fully saturated rings. The zero-order valence-corrected chi connectivity index (χ0v) is 14.5. The maximum Gasteiger partial charge on any atom is 0.226 e. The third kappa shape index (κ3) is 3.43. The van der Waals surface area contributed by atoms with Crippen molar-refractivity contribution in [2.45, 2.75) is 37.1 Å². The fourth-order valence-corrected chi connectivity index (χ4v) is 2.86. The lowest BCUT2D eigenvalue weighted by molar-refractivity contribution is 0.523. The van der Waals surface area contributed by atoms with Crippen molar-refractivity contribution in [3.8, 4) is 11.5 Å². The molecule has 0 radical (unpaired) electrons. The molecule has 3 aromatic rings. The topological polar surface area (TPSA) is 82.8 Å². The smallest absolute Gasteiger partial charge is 0.226 e. The van der Waals surface area contributed by atoms with Crippen LogP contribution in [0, 0.1) is 5.82 Å². The van der Waals surface area contributed by atoms with Crippen LogP contribution in [0.5, 0.6) is 0 Å². The fourth-order valence-electron chi connectivity index (χ4n) is 2.12. The molecule has 3 rings (SSSR count). The molecule has 0 aliphatic heterocycles. The van der Waals surface area contributed by atoms with Crippen LogP contribution in [0.3, 0.4) is 0 Å². The van der Waals surface area contributed by atoms with E-state index in [9.17, 15) is 4.39 Å². The van der Waals surface area contributed by atoms with E-state index < -0.39 is 0 Å². The van der Waals surface area contributed by atoms with Crippen molar-refractivity contribution >= 4 is 11.8 Å². The van der Waals surface area contributed by atoms with Crippen LogP contribution in [-0.2, 0) is 11.2 Å². The van der Waals surface area contributed by atoms with Crippen LogP contribution in [-0.4, -0.2) is 19.9 Å². The third-order valence-electron chi connectivity index (χ3n) is 3.33. The zero-order chi connectivity index (χ0) is 17.3. The number of oxazole rings is 1. The summed E-state index contributed by atoms with van der Waals surface area (Å²) in [7, 11) is 0. The highest BCUT2D eigenvalue weighted by Gasteiger charge is 2.23. The van der Waals surface area contributed by atoms with Crippen LogP contribution >= 0.6 is 11.8 Å². The number of aromatic nitrogens is 4. The minimum absolute atomic E-state index is 0.176. The van der Waals surface area contributed by atoms with Crippen LogP contribution in [0.15, 0.2) is 40.1 Å². The Bertz CT molecular complexity index is 835. The first-order chi connectivity index (χ1) is 11.3. The molecule has 0 atom stereocenters. The summed E-state index contributed by atoms with van der Waals surface area (Å²) in [6.45, 7) is 6.09. The maximum absolute atomic E-state index is 13.0. The van der Waals surface area contributed by atoms with E-state index in [4.69, 9.17) is 10.3 Å². The van der Waals surface area contributed by atoms with Crippen LogP contribution in [0.4, 0.5) is 4.39 Å². The molecule has 0 saturated carbocycles. The van der Waals surface area contributed by atoms with Gasteiger partial charge in [-0.15, -0.1) is 10.2 Å². The van der Waals surface area contributed by atoms with Crippen LogP contribution in [0.25, 0.3) is 11.5 Å². The first-order valence-electron chi connectivity index (χ1n) is 7.39. The molecule has 2 heterocycles. The zero-order valence-electron chi connectivity index (χ0n) is 13.7. The molecule has 2 N–H and O–H groups in total. The van der Waals surface area contributed by atoms with Crippen molar-refractivity contribution in [3.05, 3.63) is 47.9 Å². The Morgan fingerprint density at radius 3 is 2.54 bits per heavy atom. The van der Waals surface area contributed by atoms with Crippen LogP contribution < -0.4 is 5.84 Å². The van der Waals surface area contributed by atoms with Gasteiger partial charge in [-0.25, -0.2) is 14.1 Å². The van der Waals surface area contributed by atoms with E-state index >= 15 is 0 Å². The van der Waals surface area contributed by atoms with Gasteiger partial charge < -0.3 is 10.3 Å². The third-order valence-corrected chi connectivity index (χ3v) is 4.30. The molecular formula is C16H18FN5OS. The second-order valence-corrected chi connectivity index (χ2v) is 7.31.